The van der Waals surface area contributed by atoms with Crippen LogP contribution in [-0.4, -0.2) is 42.3 Å². The summed E-state index contributed by atoms with van der Waals surface area (Å²) in [6.07, 6.45) is 2.87. The van der Waals surface area contributed by atoms with Gasteiger partial charge in [0.05, 0.1) is 0 Å². The van der Waals surface area contributed by atoms with Gasteiger partial charge in [-0.2, -0.15) is 0 Å². The highest BCUT2D eigenvalue weighted by molar-refractivity contribution is 5.83. The van der Waals surface area contributed by atoms with Crippen molar-refractivity contribution in [1.82, 2.24) is 10.6 Å². The molecule has 0 radical (unpaired) electrons. The van der Waals surface area contributed by atoms with Crippen molar-refractivity contribution in [3.8, 4) is 11.1 Å². The molecule has 7 heteroatoms. The van der Waals surface area contributed by atoms with Crippen molar-refractivity contribution in [3.63, 3.8) is 0 Å². The van der Waals surface area contributed by atoms with Crippen molar-refractivity contribution in [2.75, 3.05) is 13.2 Å². The van der Waals surface area contributed by atoms with E-state index in [1.807, 2.05) is 31.2 Å². The molecule has 2 atom stereocenters. The van der Waals surface area contributed by atoms with E-state index in [9.17, 15) is 19.5 Å². The van der Waals surface area contributed by atoms with E-state index in [2.05, 4.69) is 34.9 Å². The summed E-state index contributed by atoms with van der Waals surface area (Å²) in [6.45, 7) is 2.58. The first-order valence-electron chi connectivity index (χ1n) is 12.0. The number of carboxylic acids is 1. The van der Waals surface area contributed by atoms with Crippen LogP contribution < -0.4 is 10.6 Å². The van der Waals surface area contributed by atoms with Crippen LogP contribution in [0.15, 0.2) is 48.5 Å². The fourth-order valence-corrected chi connectivity index (χ4v) is 4.56. The highest BCUT2D eigenvalue weighted by Gasteiger charge is 2.30. The molecule has 1 fully saturated rings. The minimum atomic E-state index is -0.981. The zero-order valence-electron chi connectivity index (χ0n) is 19.5. The molecule has 0 aromatic heterocycles. The summed E-state index contributed by atoms with van der Waals surface area (Å²) >= 11 is 0. The first-order chi connectivity index (χ1) is 16.4. The van der Waals surface area contributed by atoms with Crippen molar-refractivity contribution in [2.24, 2.45) is 11.8 Å². The first-order valence-corrected chi connectivity index (χ1v) is 12.0. The number of nitrogens with one attached hydrogen (secondary N) is 2. The molecule has 4 rings (SSSR count). The largest absolute Gasteiger partial charge is 0.480 e. The van der Waals surface area contributed by atoms with E-state index in [0.29, 0.717) is 25.3 Å². The fraction of sp³-hybridized carbons (Fsp3) is 0.444. The topological polar surface area (TPSA) is 105 Å². The number of carbonyl (C=O) groups is 3. The predicted octanol–water partition coefficient (Wildman–Crippen LogP) is 4.31. The van der Waals surface area contributed by atoms with E-state index in [0.717, 1.165) is 24.0 Å². The lowest BCUT2D eigenvalue weighted by Gasteiger charge is -2.17. The Kier molecular flexibility index (Phi) is 7.50. The Morgan fingerprint density at radius 3 is 2.24 bits per heavy atom. The number of ether oxygens (including phenoxy) is 1. The summed E-state index contributed by atoms with van der Waals surface area (Å²) < 4.78 is 5.54. The Hall–Kier alpha value is -3.35. The van der Waals surface area contributed by atoms with Crippen LogP contribution >= 0.6 is 0 Å². The molecule has 2 aliphatic carbocycles. The van der Waals surface area contributed by atoms with Crippen LogP contribution in [0.25, 0.3) is 11.1 Å². The van der Waals surface area contributed by atoms with Gasteiger partial charge in [0.25, 0.3) is 0 Å². The number of fused-ring (bicyclic) bond motifs is 3. The van der Waals surface area contributed by atoms with Crippen molar-refractivity contribution in [2.45, 2.75) is 51.0 Å². The van der Waals surface area contributed by atoms with Gasteiger partial charge in [-0.3, -0.25) is 4.79 Å². The molecule has 1 saturated carbocycles. The number of carbonyl (C=O) groups excluding carboxylic acids is 2. The number of hydrogen-bond donors (Lipinski definition) is 3. The second-order valence-electron chi connectivity index (χ2n) is 9.49. The maximum absolute atomic E-state index is 12.3. The Morgan fingerprint density at radius 1 is 1.03 bits per heavy atom. The lowest BCUT2D eigenvalue weighted by atomic mass is 9.98. The molecule has 0 saturated heterocycles. The van der Waals surface area contributed by atoms with E-state index >= 15 is 0 Å². The normalized spacial score (nSPS) is 16.1. The molecule has 2 aliphatic rings. The highest BCUT2D eigenvalue weighted by Crippen LogP contribution is 2.44. The summed E-state index contributed by atoms with van der Waals surface area (Å²) in [5.41, 5.74) is 4.69. The van der Waals surface area contributed by atoms with Crippen LogP contribution in [-0.2, 0) is 14.3 Å². The summed E-state index contributed by atoms with van der Waals surface area (Å²) in [5.74, 6) is -0.761. The number of carboxylic acid groups (broad SMARTS) is 1. The molecule has 0 heterocycles. The average Bonchev–Trinajstić information content (AvgIpc) is 3.60. The molecule has 34 heavy (non-hydrogen) atoms. The zero-order chi connectivity index (χ0) is 24.1. The minimum Gasteiger partial charge on any atom is -0.480 e. The molecule has 0 aliphatic heterocycles. The van der Waals surface area contributed by atoms with Gasteiger partial charge in [0.2, 0.25) is 5.91 Å². The van der Waals surface area contributed by atoms with Gasteiger partial charge in [-0.25, -0.2) is 9.59 Å². The molecule has 180 valence electrons. The van der Waals surface area contributed by atoms with Crippen molar-refractivity contribution in [3.05, 3.63) is 59.7 Å². The molecule has 2 amide bonds. The van der Waals surface area contributed by atoms with Crippen molar-refractivity contribution in [1.29, 1.82) is 0 Å². The summed E-state index contributed by atoms with van der Waals surface area (Å²) in [5, 5.41) is 14.7. The monoisotopic (exact) mass is 464 g/mol. The smallest absolute Gasteiger partial charge is 0.407 e. The fourth-order valence-electron chi connectivity index (χ4n) is 4.56. The van der Waals surface area contributed by atoms with Gasteiger partial charge < -0.3 is 20.5 Å². The van der Waals surface area contributed by atoms with Crippen molar-refractivity contribution >= 4 is 18.0 Å². The van der Waals surface area contributed by atoms with Crippen molar-refractivity contribution < 1.29 is 24.2 Å². The third-order valence-electron chi connectivity index (χ3n) is 6.70. The first kappa shape index (κ1) is 23.8. The molecule has 1 unspecified atom stereocenters. The number of hydrogen-bond acceptors (Lipinski definition) is 4. The second kappa shape index (κ2) is 10.7. The number of aliphatic carboxylic acids is 1. The van der Waals surface area contributed by atoms with Crippen LogP contribution in [0, 0.1) is 11.8 Å². The van der Waals surface area contributed by atoms with Crippen LogP contribution in [0.1, 0.15) is 56.1 Å². The lowest BCUT2D eigenvalue weighted by molar-refractivity contribution is -0.142. The molecule has 0 bridgehead atoms. The zero-order valence-corrected chi connectivity index (χ0v) is 19.5. The van der Waals surface area contributed by atoms with E-state index in [1.54, 1.807) is 0 Å². The van der Waals surface area contributed by atoms with Gasteiger partial charge in [0.15, 0.2) is 0 Å². The molecule has 7 nitrogen and oxygen atoms in total. The third-order valence-corrected chi connectivity index (χ3v) is 6.70. The Morgan fingerprint density at radius 2 is 1.65 bits per heavy atom. The third kappa shape index (κ3) is 5.95. The van der Waals surface area contributed by atoms with E-state index in [1.165, 1.54) is 11.1 Å². The maximum atomic E-state index is 12.3. The van der Waals surface area contributed by atoms with Gasteiger partial charge in [0.1, 0.15) is 12.6 Å². The van der Waals surface area contributed by atoms with E-state index in [-0.39, 0.29) is 30.8 Å². The summed E-state index contributed by atoms with van der Waals surface area (Å²) in [4.78, 5) is 35.8. The van der Waals surface area contributed by atoms with Gasteiger partial charge in [-0.1, -0.05) is 68.3 Å². The quantitative estimate of drug-likeness (QED) is 0.460. The van der Waals surface area contributed by atoms with Crippen LogP contribution in [0.5, 0.6) is 0 Å². The lowest BCUT2D eigenvalue weighted by Crippen LogP contribution is -2.41. The summed E-state index contributed by atoms with van der Waals surface area (Å²) in [6, 6.07) is 15.6. The van der Waals surface area contributed by atoms with Crippen LogP contribution in [0.3, 0.4) is 0 Å². The molecular formula is C27H32N2O5. The molecule has 2 aromatic carbocycles. The minimum absolute atomic E-state index is 0.0112. The van der Waals surface area contributed by atoms with E-state index in [4.69, 9.17) is 4.74 Å². The molecule has 0 spiro atoms. The highest BCUT2D eigenvalue weighted by atomic mass is 16.5. The Balaban J connectivity index is 1.19. The van der Waals surface area contributed by atoms with Gasteiger partial charge in [0, 0.05) is 18.9 Å². The van der Waals surface area contributed by atoms with Gasteiger partial charge in [-0.15, -0.1) is 0 Å². The number of amides is 2. The van der Waals surface area contributed by atoms with Crippen LogP contribution in [0.4, 0.5) is 4.79 Å². The van der Waals surface area contributed by atoms with E-state index < -0.39 is 18.1 Å². The molecule has 3 N–H and O–H groups in total. The Labute approximate surface area is 199 Å². The number of alkyl carbamates (subject to hydrolysis) is 1. The Bertz CT molecular complexity index is 1000. The predicted molar refractivity (Wildman–Crippen MR) is 128 cm³/mol. The van der Waals surface area contributed by atoms with Gasteiger partial charge in [-0.05, 0) is 46.9 Å². The standard InChI is InChI=1S/C27H32N2O5/c1-17(10-13-25(30)29-24(26(31)32)14-18-11-12-18)15-28-27(33)34-16-23-21-8-4-2-6-19(21)20-7-3-5-9-22(20)23/h2-9,17-18,23-24H,10-16H2,1H3,(H,28,33)(H,29,30)(H,31,32)/t17?,24-/m0/s1. The summed E-state index contributed by atoms with van der Waals surface area (Å²) in [7, 11) is 0. The average molecular weight is 465 g/mol. The molecular weight excluding hydrogens is 432 g/mol. The van der Waals surface area contributed by atoms with Gasteiger partial charge >= 0.3 is 12.1 Å². The maximum Gasteiger partial charge on any atom is 0.407 e. The van der Waals surface area contributed by atoms with Crippen LogP contribution in [0.2, 0.25) is 0 Å². The second-order valence-corrected chi connectivity index (χ2v) is 9.49. The SMILES string of the molecule is CC(CCC(=O)N[C@@H](CC1CC1)C(=O)O)CNC(=O)OCC1c2ccccc2-c2ccccc21. The molecule has 2 aromatic rings. The number of rotatable bonds is 11. The number of benzene rings is 2.